The molecule has 0 aliphatic heterocycles. The molecule has 49 heavy (non-hydrogen) atoms. The van der Waals surface area contributed by atoms with Crippen molar-refractivity contribution in [1.82, 2.24) is 0 Å². The van der Waals surface area contributed by atoms with Crippen LogP contribution in [0.2, 0.25) is 0 Å². The highest BCUT2D eigenvalue weighted by Gasteiger charge is 2.18. The summed E-state index contributed by atoms with van der Waals surface area (Å²) in [4.78, 5) is 1.64. The van der Waals surface area contributed by atoms with Crippen molar-refractivity contribution in [1.29, 1.82) is 0 Å². The van der Waals surface area contributed by atoms with Crippen molar-refractivity contribution in [2.75, 3.05) is 4.90 Å². The second-order valence-corrected chi connectivity index (χ2v) is 13.5. The van der Waals surface area contributed by atoms with E-state index in [1.54, 1.807) is 27.6 Å². The summed E-state index contributed by atoms with van der Waals surface area (Å²) >= 11 is 3.12. The first-order chi connectivity index (χ1) is 30.5. The van der Waals surface area contributed by atoms with Crippen molar-refractivity contribution in [3.05, 3.63) is 176 Å². The van der Waals surface area contributed by atoms with Gasteiger partial charge in [0.2, 0.25) is 0 Å². The smallest absolute Gasteiger partial charge is 0.0645 e. The first kappa shape index (κ1) is 17.1. The molecule has 0 aliphatic carbocycles. The highest BCUT2D eigenvalue weighted by Crippen LogP contribution is 2.44. The molecule has 0 amide bonds. The van der Waals surface area contributed by atoms with Gasteiger partial charge in [-0.3, -0.25) is 0 Å². The van der Waals surface area contributed by atoms with Crippen LogP contribution < -0.4 is 4.90 Å². The molecule has 0 fully saturated rings. The van der Waals surface area contributed by atoms with Crippen molar-refractivity contribution in [2.45, 2.75) is 0 Å². The Balaban J connectivity index is 1.31. The van der Waals surface area contributed by atoms with E-state index in [9.17, 15) is 8.22 Å². The standard InChI is InChI=1S/C46H29NS2/c1-2-10-30(11-3-1)41-26-32-12-4-5-13-33(32)27-42(41)31-18-20-34(21-19-31)47(35-22-24-39-37-14-6-8-16-43(37)48-45(39)28-35)36-23-25-40-38-15-7-9-17-44(38)49-46(40)29-36/h1-29H/i1D,2D,3D,4D,5D,10D,11D,12D,13D,18D,19D,20D,21D,26D,27D. The number of hydrogen-bond donors (Lipinski definition) is 0. The average molecular weight is 675 g/mol. The lowest BCUT2D eigenvalue weighted by Crippen LogP contribution is -2.09. The van der Waals surface area contributed by atoms with Gasteiger partial charge in [-0.05, 0) is 93.6 Å². The minimum Gasteiger partial charge on any atom is -0.310 e. The van der Waals surface area contributed by atoms with E-state index >= 15 is 0 Å². The van der Waals surface area contributed by atoms with Gasteiger partial charge in [0.25, 0.3) is 0 Å². The van der Waals surface area contributed by atoms with Crippen molar-refractivity contribution in [2.24, 2.45) is 0 Å². The molecule has 0 atom stereocenters. The molecule has 0 bridgehead atoms. The van der Waals surface area contributed by atoms with E-state index in [2.05, 4.69) is 0 Å². The van der Waals surface area contributed by atoms with Crippen LogP contribution in [0.3, 0.4) is 0 Å². The summed E-state index contributed by atoms with van der Waals surface area (Å²) in [5.41, 5.74) is -1.43. The predicted octanol–water partition coefficient (Wildman–Crippen LogP) is 14.4. The maximum absolute atomic E-state index is 9.72. The second-order valence-electron chi connectivity index (χ2n) is 11.4. The fraction of sp³-hybridized carbons (Fsp3) is 0. The summed E-state index contributed by atoms with van der Waals surface area (Å²) < 4.78 is 139. The largest absolute Gasteiger partial charge is 0.310 e. The van der Waals surface area contributed by atoms with Crippen molar-refractivity contribution in [3.63, 3.8) is 0 Å². The zero-order chi connectivity index (χ0) is 45.4. The van der Waals surface area contributed by atoms with Crippen molar-refractivity contribution >= 4 is 90.9 Å². The van der Waals surface area contributed by atoms with E-state index in [4.69, 9.17) is 12.3 Å². The number of anilines is 3. The van der Waals surface area contributed by atoms with Gasteiger partial charge < -0.3 is 4.90 Å². The molecule has 10 rings (SSSR count). The van der Waals surface area contributed by atoms with E-state index in [0.717, 1.165) is 40.3 Å². The molecule has 0 spiro atoms. The Morgan fingerprint density at radius 1 is 0.408 bits per heavy atom. The Bertz CT molecular complexity index is 3540. The highest BCUT2D eigenvalue weighted by molar-refractivity contribution is 7.26. The van der Waals surface area contributed by atoms with Gasteiger partial charge in [-0.1, -0.05) is 115 Å². The van der Waals surface area contributed by atoms with Crippen LogP contribution in [0, 0.1) is 0 Å². The monoisotopic (exact) mass is 674 g/mol. The molecule has 1 nitrogen and oxygen atoms in total. The molecule has 0 saturated carbocycles. The number of rotatable bonds is 5. The lowest BCUT2D eigenvalue weighted by Gasteiger charge is -2.26. The quantitative estimate of drug-likeness (QED) is 0.176. The van der Waals surface area contributed by atoms with Gasteiger partial charge in [-0.15, -0.1) is 22.7 Å². The Labute approximate surface area is 313 Å². The lowest BCUT2D eigenvalue weighted by molar-refractivity contribution is 1.30. The summed E-state index contributed by atoms with van der Waals surface area (Å²) in [6, 6.07) is 16.5. The van der Waals surface area contributed by atoms with Crippen LogP contribution in [-0.4, -0.2) is 0 Å². The van der Waals surface area contributed by atoms with Crippen LogP contribution in [0.4, 0.5) is 17.1 Å². The number of thiophene rings is 2. The van der Waals surface area contributed by atoms with E-state index in [1.165, 1.54) is 0 Å². The van der Waals surface area contributed by atoms with Crippen LogP contribution in [0.5, 0.6) is 0 Å². The molecule has 8 aromatic carbocycles. The van der Waals surface area contributed by atoms with E-state index in [0.29, 0.717) is 11.4 Å². The second kappa shape index (κ2) is 11.5. The minimum atomic E-state index is -0.799. The van der Waals surface area contributed by atoms with Crippen LogP contribution in [-0.2, 0) is 0 Å². The fourth-order valence-electron chi connectivity index (χ4n) is 6.28. The molecule has 0 unspecified atom stereocenters. The molecule has 2 heterocycles. The third kappa shape index (κ3) is 4.82. The van der Waals surface area contributed by atoms with Crippen molar-refractivity contribution in [3.8, 4) is 22.3 Å². The van der Waals surface area contributed by atoms with Gasteiger partial charge in [0.15, 0.2) is 0 Å². The SMILES string of the molecule is [2H]c1c([2H])c([2H])c(-c2c(-c3c([2H])c([2H])c(N(c4ccc5c(c4)sc4ccccc45)c4ccc5c(c4)sc4ccccc45)c([2H])c3[2H])c([2H])c3c([2H])c([2H])c([2H])c([2H])c3c2[2H])c([2H])c1[2H]. The lowest BCUT2D eigenvalue weighted by atomic mass is 9.91. The Morgan fingerprint density at radius 2 is 0.878 bits per heavy atom. The summed E-state index contributed by atoms with van der Waals surface area (Å²) in [7, 11) is 0. The number of hydrogen-bond acceptors (Lipinski definition) is 3. The molecule has 0 N–H and O–H groups in total. The van der Waals surface area contributed by atoms with Crippen LogP contribution in [0.15, 0.2) is 176 Å². The van der Waals surface area contributed by atoms with Gasteiger partial charge in [0.05, 0.1) is 20.6 Å². The maximum atomic E-state index is 9.72. The van der Waals surface area contributed by atoms with Crippen LogP contribution in [0.25, 0.3) is 73.4 Å². The molecule has 0 radical (unpaired) electrons. The highest BCUT2D eigenvalue weighted by atomic mass is 32.1. The van der Waals surface area contributed by atoms with Crippen LogP contribution in [0.1, 0.15) is 20.6 Å². The first-order valence-corrected chi connectivity index (χ1v) is 17.0. The third-order valence-corrected chi connectivity index (χ3v) is 10.8. The Morgan fingerprint density at radius 3 is 1.43 bits per heavy atom. The predicted molar refractivity (Wildman–Crippen MR) is 215 cm³/mol. The molecule has 3 heteroatoms. The first-order valence-electron chi connectivity index (χ1n) is 22.9. The summed E-state index contributed by atoms with van der Waals surface area (Å²) in [5.74, 6) is 0. The number of benzene rings is 8. The molecule has 10 aromatic rings. The molecule has 0 aliphatic rings. The van der Waals surface area contributed by atoms with Crippen LogP contribution >= 0.6 is 22.7 Å². The Hall–Kier alpha value is -5.74. The minimum absolute atomic E-state index is 0.163. The normalized spacial score (nSPS) is 16.0. The van der Waals surface area contributed by atoms with Gasteiger partial charge in [-0.25, -0.2) is 0 Å². The fourth-order valence-corrected chi connectivity index (χ4v) is 8.56. The number of nitrogens with zero attached hydrogens (tertiary/aromatic N) is 1. The van der Waals surface area contributed by atoms with E-state index < -0.39 is 124 Å². The van der Waals surface area contributed by atoms with E-state index in [-0.39, 0.29) is 5.69 Å². The van der Waals surface area contributed by atoms with Gasteiger partial charge in [0.1, 0.15) is 0 Å². The van der Waals surface area contributed by atoms with Crippen molar-refractivity contribution < 1.29 is 20.6 Å². The number of fused-ring (bicyclic) bond motifs is 7. The Kier molecular flexibility index (Phi) is 3.99. The maximum Gasteiger partial charge on any atom is 0.0645 e. The van der Waals surface area contributed by atoms with Gasteiger partial charge >= 0.3 is 0 Å². The summed E-state index contributed by atoms with van der Waals surface area (Å²) in [6.45, 7) is 0. The molecular formula is C46H29NS2. The zero-order valence-electron chi connectivity index (χ0n) is 40.3. The topological polar surface area (TPSA) is 3.24 Å². The molecule has 2 aromatic heterocycles. The zero-order valence-corrected chi connectivity index (χ0v) is 27.0. The van der Waals surface area contributed by atoms with Gasteiger partial charge in [-0.2, -0.15) is 0 Å². The molecule has 230 valence electrons. The molecular weight excluding hydrogens is 631 g/mol. The van der Waals surface area contributed by atoms with Gasteiger partial charge in [0, 0.05) is 57.4 Å². The third-order valence-electron chi connectivity index (χ3n) is 8.51. The molecule has 0 saturated heterocycles. The summed E-state index contributed by atoms with van der Waals surface area (Å²) in [5, 5.41) is 3.13. The summed E-state index contributed by atoms with van der Waals surface area (Å²) in [6.07, 6.45) is 0. The average Bonchev–Trinajstić information content (AvgIpc) is 3.86. The van der Waals surface area contributed by atoms with E-state index in [1.807, 2.05) is 84.9 Å².